The van der Waals surface area contributed by atoms with Crippen LogP contribution < -0.4 is 10.0 Å². The van der Waals surface area contributed by atoms with Gasteiger partial charge in [-0.15, -0.1) is 0 Å². The predicted molar refractivity (Wildman–Crippen MR) is 131 cm³/mol. The number of halogens is 1. The highest BCUT2D eigenvalue weighted by atomic mass is 35.5. The Hall–Kier alpha value is -2.76. The molecule has 0 amide bonds. The number of anilines is 2. The molecule has 0 saturated carbocycles. The highest BCUT2D eigenvalue weighted by molar-refractivity contribution is 7.92. The Morgan fingerprint density at radius 1 is 1.00 bits per heavy atom. The van der Waals surface area contributed by atoms with E-state index in [1.807, 2.05) is 6.07 Å². The van der Waals surface area contributed by atoms with Gasteiger partial charge in [0.25, 0.3) is 10.0 Å². The molecule has 0 radical (unpaired) electrons. The fraction of sp³-hybridized carbons (Fsp3) is 0.231. The summed E-state index contributed by atoms with van der Waals surface area (Å²) in [6, 6.07) is 19.0. The molecule has 0 unspecified atom stereocenters. The van der Waals surface area contributed by atoms with Crippen LogP contribution in [-0.4, -0.2) is 8.42 Å². The van der Waals surface area contributed by atoms with Crippen LogP contribution in [0, 0.1) is 19.8 Å². The number of rotatable bonds is 4. The fourth-order valence-electron chi connectivity index (χ4n) is 4.89. The molecule has 4 nitrogen and oxygen atoms in total. The molecule has 164 valence electrons. The number of hydrogen-bond acceptors (Lipinski definition) is 3. The van der Waals surface area contributed by atoms with E-state index in [2.05, 4.69) is 54.2 Å². The number of hydrogen-bond donors (Lipinski definition) is 2. The van der Waals surface area contributed by atoms with Crippen LogP contribution in [0.3, 0.4) is 0 Å². The van der Waals surface area contributed by atoms with Gasteiger partial charge in [-0.3, -0.25) is 4.72 Å². The number of para-hydroxylation sites is 1. The third kappa shape index (κ3) is 3.70. The maximum atomic E-state index is 13.1. The van der Waals surface area contributed by atoms with Crippen LogP contribution in [0.25, 0.3) is 0 Å². The van der Waals surface area contributed by atoms with Crippen molar-refractivity contribution in [2.75, 3.05) is 10.0 Å². The molecule has 3 atom stereocenters. The summed E-state index contributed by atoms with van der Waals surface area (Å²) in [4.78, 5) is 0.238. The normalized spacial score (nSPS) is 21.5. The van der Waals surface area contributed by atoms with E-state index in [1.54, 1.807) is 36.4 Å². The molecule has 3 aromatic rings. The molecule has 5 rings (SSSR count). The summed E-state index contributed by atoms with van der Waals surface area (Å²) in [5.74, 6) is 0.518. The zero-order chi connectivity index (χ0) is 22.5. The first-order chi connectivity index (χ1) is 15.3. The summed E-state index contributed by atoms with van der Waals surface area (Å²) in [5.41, 5.74) is 6.20. The second-order valence-electron chi connectivity index (χ2n) is 8.67. The summed E-state index contributed by atoms with van der Waals surface area (Å²) in [5, 5.41) is 4.08. The maximum Gasteiger partial charge on any atom is 0.261 e. The van der Waals surface area contributed by atoms with Gasteiger partial charge in [-0.1, -0.05) is 59.6 Å². The van der Waals surface area contributed by atoms with Gasteiger partial charge in [-0.2, -0.15) is 0 Å². The van der Waals surface area contributed by atoms with Crippen LogP contribution in [0.2, 0.25) is 5.02 Å². The van der Waals surface area contributed by atoms with E-state index in [0.717, 1.165) is 17.7 Å². The molecule has 0 aromatic heterocycles. The van der Waals surface area contributed by atoms with Gasteiger partial charge in [0.2, 0.25) is 0 Å². The van der Waals surface area contributed by atoms with Gasteiger partial charge in [-0.05, 0) is 73.2 Å². The standard InChI is InChI=1S/C26H25ClN2O2S/c1-16-10-11-17(2)21(14-16)26-20-7-5-6-19(20)22-15-18(12-13-24(22)28-26)32(30,31)29-25-9-4-3-8-23(25)27/h3-6,8-15,19-20,26,28-29H,7H2,1-2H3/t19-,20+,26-/m0/s1. The van der Waals surface area contributed by atoms with Gasteiger partial charge < -0.3 is 5.32 Å². The molecule has 6 heteroatoms. The molecule has 0 bridgehead atoms. The Labute approximate surface area is 194 Å². The molecule has 32 heavy (non-hydrogen) atoms. The summed E-state index contributed by atoms with van der Waals surface area (Å²) < 4.78 is 28.8. The quantitative estimate of drug-likeness (QED) is 0.428. The first-order valence-corrected chi connectivity index (χ1v) is 12.6. The van der Waals surface area contributed by atoms with E-state index in [0.29, 0.717) is 16.6 Å². The van der Waals surface area contributed by atoms with Crippen molar-refractivity contribution in [2.24, 2.45) is 5.92 Å². The third-order valence-corrected chi connectivity index (χ3v) is 8.23. The van der Waals surface area contributed by atoms with E-state index >= 15 is 0 Å². The third-order valence-electron chi connectivity index (χ3n) is 6.53. The van der Waals surface area contributed by atoms with Gasteiger partial charge in [0.15, 0.2) is 0 Å². The lowest BCUT2D eigenvalue weighted by atomic mass is 9.76. The lowest BCUT2D eigenvalue weighted by molar-refractivity contribution is 0.424. The molecule has 1 aliphatic heterocycles. The van der Waals surface area contributed by atoms with Crippen LogP contribution in [0.5, 0.6) is 0 Å². The molecule has 3 aromatic carbocycles. The largest absolute Gasteiger partial charge is 0.378 e. The van der Waals surface area contributed by atoms with Crippen molar-refractivity contribution in [1.82, 2.24) is 0 Å². The molecular formula is C26H25ClN2O2S. The van der Waals surface area contributed by atoms with Crippen LogP contribution in [0.15, 0.2) is 77.7 Å². The molecular weight excluding hydrogens is 440 g/mol. The summed E-state index contributed by atoms with van der Waals surface area (Å²) in [6.07, 6.45) is 5.40. The number of benzene rings is 3. The van der Waals surface area contributed by atoms with E-state index in [9.17, 15) is 8.42 Å². The SMILES string of the molecule is Cc1ccc(C)c([C@H]2Nc3ccc(S(=O)(=O)Nc4ccccc4Cl)cc3[C@H]3C=CC[C@H]32)c1. The van der Waals surface area contributed by atoms with Crippen molar-refractivity contribution in [2.45, 2.75) is 37.1 Å². The number of allylic oxidation sites excluding steroid dienone is 2. The van der Waals surface area contributed by atoms with Crippen LogP contribution in [0.1, 0.15) is 40.6 Å². The van der Waals surface area contributed by atoms with Gasteiger partial charge in [0.05, 0.1) is 21.6 Å². The summed E-state index contributed by atoms with van der Waals surface area (Å²) >= 11 is 6.16. The lowest BCUT2D eigenvalue weighted by Gasteiger charge is -2.38. The Morgan fingerprint density at radius 2 is 1.81 bits per heavy atom. The second kappa shape index (κ2) is 7.98. The molecule has 1 heterocycles. The summed E-state index contributed by atoms with van der Waals surface area (Å²) in [7, 11) is -3.76. The van der Waals surface area contributed by atoms with Crippen molar-refractivity contribution >= 4 is 33.0 Å². The van der Waals surface area contributed by atoms with Gasteiger partial charge in [0, 0.05) is 11.6 Å². The predicted octanol–water partition coefficient (Wildman–Crippen LogP) is 6.58. The van der Waals surface area contributed by atoms with E-state index in [1.165, 1.54) is 16.7 Å². The fourth-order valence-corrected chi connectivity index (χ4v) is 6.24. The minimum Gasteiger partial charge on any atom is -0.378 e. The van der Waals surface area contributed by atoms with E-state index < -0.39 is 10.0 Å². The van der Waals surface area contributed by atoms with Crippen molar-refractivity contribution in [1.29, 1.82) is 0 Å². The Morgan fingerprint density at radius 3 is 2.62 bits per heavy atom. The number of sulfonamides is 1. The smallest absolute Gasteiger partial charge is 0.261 e. The van der Waals surface area contributed by atoms with Crippen LogP contribution in [0.4, 0.5) is 11.4 Å². The van der Waals surface area contributed by atoms with Gasteiger partial charge >= 0.3 is 0 Å². The van der Waals surface area contributed by atoms with Crippen molar-refractivity contribution in [3.05, 3.63) is 100 Å². The zero-order valence-corrected chi connectivity index (χ0v) is 19.5. The average Bonchev–Trinajstić information content (AvgIpc) is 3.26. The second-order valence-corrected chi connectivity index (χ2v) is 10.8. The molecule has 0 fully saturated rings. The Kier molecular flexibility index (Phi) is 5.26. The van der Waals surface area contributed by atoms with Gasteiger partial charge in [-0.25, -0.2) is 8.42 Å². The number of nitrogens with one attached hydrogen (secondary N) is 2. The molecule has 1 aliphatic carbocycles. The lowest BCUT2D eigenvalue weighted by Crippen LogP contribution is -2.30. The Bertz CT molecular complexity index is 1330. The highest BCUT2D eigenvalue weighted by Crippen LogP contribution is 2.50. The minimum absolute atomic E-state index is 0.173. The van der Waals surface area contributed by atoms with Gasteiger partial charge in [0.1, 0.15) is 0 Å². The zero-order valence-electron chi connectivity index (χ0n) is 18.0. The molecule has 2 aliphatic rings. The van der Waals surface area contributed by atoms with Crippen molar-refractivity contribution < 1.29 is 8.42 Å². The summed E-state index contributed by atoms with van der Waals surface area (Å²) in [6.45, 7) is 4.27. The number of aryl methyl sites for hydroxylation is 2. The maximum absolute atomic E-state index is 13.1. The number of fused-ring (bicyclic) bond motifs is 3. The average molecular weight is 465 g/mol. The minimum atomic E-state index is -3.76. The first kappa shape index (κ1) is 21.1. The van der Waals surface area contributed by atoms with Crippen molar-refractivity contribution in [3.63, 3.8) is 0 Å². The molecule has 2 N–H and O–H groups in total. The highest BCUT2D eigenvalue weighted by Gasteiger charge is 2.39. The first-order valence-electron chi connectivity index (χ1n) is 10.7. The van der Waals surface area contributed by atoms with E-state index in [-0.39, 0.29) is 16.9 Å². The van der Waals surface area contributed by atoms with Crippen molar-refractivity contribution in [3.8, 4) is 0 Å². The Balaban J connectivity index is 1.52. The van der Waals surface area contributed by atoms with E-state index in [4.69, 9.17) is 11.6 Å². The molecule has 0 saturated heterocycles. The monoisotopic (exact) mass is 464 g/mol. The molecule has 0 spiro atoms. The van der Waals surface area contributed by atoms with Crippen LogP contribution in [-0.2, 0) is 10.0 Å². The van der Waals surface area contributed by atoms with Crippen LogP contribution >= 0.6 is 11.6 Å². The topological polar surface area (TPSA) is 58.2 Å².